The van der Waals surface area contributed by atoms with E-state index in [1.807, 2.05) is 25.7 Å². The highest BCUT2D eigenvalue weighted by molar-refractivity contribution is 5.50. The number of halogens is 3. The fourth-order valence-electron chi connectivity index (χ4n) is 4.06. The van der Waals surface area contributed by atoms with Crippen LogP contribution in [0.25, 0.3) is 11.5 Å². The van der Waals surface area contributed by atoms with E-state index >= 15 is 0 Å². The lowest BCUT2D eigenvalue weighted by molar-refractivity contribution is -0.141. The molecule has 0 radical (unpaired) electrons. The minimum absolute atomic E-state index is 0.191. The molecule has 0 aromatic carbocycles. The third kappa shape index (κ3) is 6.31. The number of aromatic nitrogens is 4. The first-order valence-corrected chi connectivity index (χ1v) is 12.1. The van der Waals surface area contributed by atoms with E-state index in [1.165, 1.54) is 0 Å². The summed E-state index contributed by atoms with van der Waals surface area (Å²) in [6, 6.07) is 6.32. The van der Waals surface area contributed by atoms with Gasteiger partial charge >= 0.3 is 11.9 Å². The highest BCUT2D eigenvalue weighted by atomic mass is 19.4. The molecule has 1 fully saturated rings. The smallest absolute Gasteiger partial charge is 0.433 e. The lowest BCUT2D eigenvalue weighted by Gasteiger charge is -2.36. The van der Waals surface area contributed by atoms with Crippen LogP contribution < -0.4 is 10.6 Å². The Balaban J connectivity index is 1.28. The van der Waals surface area contributed by atoms with Gasteiger partial charge in [-0.2, -0.15) is 18.2 Å². The summed E-state index contributed by atoms with van der Waals surface area (Å²) < 4.78 is 47.1. The summed E-state index contributed by atoms with van der Waals surface area (Å²) in [6.45, 7) is 9.49. The van der Waals surface area contributed by atoms with Crippen molar-refractivity contribution in [2.45, 2.75) is 51.7 Å². The van der Waals surface area contributed by atoms with Gasteiger partial charge in [-0.1, -0.05) is 20.8 Å². The number of unbranched alkanes of at least 4 members (excludes halogenated alkanes) is 1. The Bertz CT molecular complexity index is 1180. The van der Waals surface area contributed by atoms with Crippen LogP contribution in [0.1, 0.15) is 45.1 Å². The highest BCUT2D eigenvalue weighted by Crippen LogP contribution is 2.32. The summed E-state index contributed by atoms with van der Waals surface area (Å²) in [5.41, 5.74) is -1.29. The summed E-state index contributed by atoms with van der Waals surface area (Å²) in [6.07, 6.45) is 0.466. The van der Waals surface area contributed by atoms with Crippen LogP contribution in [0, 0.1) is 0 Å². The molecule has 194 valence electrons. The normalized spacial score (nSPS) is 15.4. The number of aryl methyl sites for hydroxylation is 1. The molecule has 36 heavy (non-hydrogen) atoms. The molecule has 1 saturated heterocycles. The van der Waals surface area contributed by atoms with E-state index in [0.717, 1.165) is 38.5 Å². The largest absolute Gasteiger partial charge is 0.463 e. The van der Waals surface area contributed by atoms with Gasteiger partial charge in [0.05, 0.1) is 6.26 Å². The zero-order valence-electron chi connectivity index (χ0n) is 20.8. The lowest BCUT2D eigenvalue weighted by atomic mass is 9.95. The molecule has 0 N–H and O–H groups in total. The fourth-order valence-corrected chi connectivity index (χ4v) is 4.06. The van der Waals surface area contributed by atoms with E-state index in [9.17, 15) is 18.0 Å². The molecule has 8 nitrogen and oxygen atoms in total. The molecule has 11 heteroatoms. The summed E-state index contributed by atoms with van der Waals surface area (Å²) in [4.78, 5) is 28.8. The monoisotopic (exact) mass is 504 g/mol. The second-order valence-electron chi connectivity index (χ2n) is 9.98. The Morgan fingerprint density at radius 3 is 2.31 bits per heavy atom. The van der Waals surface area contributed by atoms with E-state index in [-0.39, 0.29) is 11.5 Å². The van der Waals surface area contributed by atoms with E-state index in [0.29, 0.717) is 36.9 Å². The van der Waals surface area contributed by atoms with E-state index in [1.54, 1.807) is 35.2 Å². The zero-order chi connectivity index (χ0) is 25.9. The topological polar surface area (TPSA) is 80.3 Å². The van der Waals surface area contributed by atoms with E-state index < -0.39 is 17.3 Å². The number of hydrogen-bond donors (Lipinski definition) is 0. The number of hydrogen-bond acceptors (Lipinski definition) is 7. The van der Waals surface area contributed by atoms with Gasteiger partial charge in [0.25, 0.3) is 0 Å². The summed E-state index contributed by atoms with van der Waals surface area (Å²) in [7, 11) is 0. The number of nitrogens with zero attached hydrogens (tertiary/aromatic N) is 6. The SMILES string of the molecule is CC(C)(C)c1nc(N2CCN(CCCCn3ccc(-c4ccco4)nc3=O)CC2)cc(C(F)(F)F)n1. The molecule has 3 aromatic heterocycles. The van der Waals surface area contributed by atoms with E-state index in [4.69, 9.17) is 4.42 Å². The van der Waals surface area contributed by atoms with Crippen LogP contribution in [0.5, 0.6) is 0 Å². The van der Waals surface area contributed by atoms with Crippen molar-refractivity contribution in [2.24, 2.45) is 0 Å². The van der Waals surface area contributed by atoms with Gasteiger partial charge in [-0.3, -0.25) is 9.47 Å². The molecular formula is C25H31F3N6O2. The molecule has 0 unspecified atom stereocenters. The fraction of sp³-hybridized carbons (Fsp3) is 0.520. The van der Waals surface area contributed by atoms with Crippen molar-refractivity contribution in [3.8, 4) is 11.5 Å². The zero-order valence-corrected chi connectivity index (χ0v) is 20.8. The second kappa shape index (κ2) is 10.4. The average molecular weight is 505 g/mol. The van der Waals surface area contributed by atoms with Crippen molar-refractivity contribution < 1.29 is 17.6 Å². The molecule has 1 aliphatic heterocycles. The van der Waals surface area contributed by atoms with Gasteiger partial charge < -0.3 is 9.32 Å². The Morgan fingerprint density at radius 2 is 1.69 bits per heavy atom. The molecule has 0 amide bonds. The van der Waals surface area contributed by atoms with E-state index in [2.05, 4.69) is 19.9 Å². The predicted molar refractivity (Wildman–Crippen MR) is 130 cm³/mol. The van der Waals surface area contributed by atoms with Crippen molar-refractivity contribution in [2.75, 3.05) is 37.6 Å². The molecule has 0 aliphatic carbocycles. The number of alkyl halides is 3. The molecule has 0 atom stereocenters. The average Bonchev–Trinajstić information content (AvgIpc) is 3.37. The van der Waals surface area contributed by atoms with Crippen LogP contribution in [-0.2, 0) is 18.1 Å². The van der Waals surface area contributed by atoms with Crippen LogP contribution in [0.15, 0.2) is 45.9 Å². The molecule has 0 bridgehead atoms. The van der Waals surface area contributed by atoms with Crippen LogP contribution in [-0.4, -0.2) is 57.1 Å². The van der Waals surface area contributed by atoms with Gasteiger partial charge in [0.2, 0.25) is 0 Å². The van der Waals surface area contributed by atoms with Crippen molar-refractivity contribution in [3.05, 3.63) is 58.7 Å². The van der Waals surface area contributed by atoms with Crippen molar-refractivity contribution in [1.29, 1.82) is 0 Å². The van der Waals surface area contributed by atoms with Crippen LogP contribution in [0.3, 0.4) is 0 Å². The maximum atomic E-state index is 13.4. The Hall–Kier alpha value is -3.21. The van der Waals surface area contributed by atoms with Crippen molar-refractivity contribution in [1.82, 2.24) is 24.4 Å². The minimum atomic E-state index is -4.52. The Labute approximate surface area is 207 Å². The second-order valence-corrected chi connectivity index (χ2v) is 9.98. The third-order valence-corrected chi connectivity index (χ3v) is 6.14. The third-order valence-electron chi connectivity index (χ3n) is 6.14. The van der Waals surface area contributed by atoms with Gasteiger partial charge in [0, 0.05) is 50.4 Å². The van der Waals surface area contributed by atoms with Crippen LogP contribution in [0.4, 0.5) is 19.0 Å². The first-order chi connectivity index (χ1) is 17.0. The van der Waals surface area contributed by atoms with Gasteiger partial charge in [0.15, 0.2) is 5.76 Å². The summed E-state index contributed by atoms with van der Waals surface area (Å²) in [5, 5.41) is 0. The Morgan fingerprint density at radius 1 is 0.972 bits per heavy atom. The first-order valence-electron chi connectivity index (χ1n) is 12.1. The number of furan rings is 1. The molecule has 4 heterocycles. The van der Waals surface area contributed by atoms with Gasteiger partial charge in [-0.25, -0.2) is 14.8 Å². The maximum absolute atomic E-state index is 13.4. The van der Waals surface area contributed by atoms with Crippen molar-refractivity contribution >= 4 is 5.82 Å². The molecule has 4 rings (SSSR count). The molecular weight excluding hydrogens is 473 g/mol. The quantitative estimate of drug-likeness (QED) is 0.446. The van der Waals surface area contributed by atoms with Crippen molar-refractivity contribution in [3.63, 3.8) is 0 Å². The van der Waals surface area contributed by atoms with Gasteiger partial charge in [0.1, 0.15) is 23.0 Å². The highest BCUT2D eigenvalue weighted by Gasteiger charge is 2.36. The number of piperazine rings is 1. The van der Waals surface area contributed by atoms with Crippen LogP contribution >= 0.6 is 0 Å². The molecule has 0 spiro atoms. The van der Waals surface area contributed by atoms with Gasteiger partial charge in [-0.05, 0) is 37.6 Å². The molecule has 0 saturated carbocycles. The number of anilines is 1. The number of rotatable bonds is 7. The molecule has 3 aromatic rings. The standard InChI is InChI=1S/C25H31F3N6O2/c1-24(2,3)22-30-20(25(26,27)28)17-21(31-22)33-14-12-32(13-15-33)9-4-5-10-34-11-8-18(29-23(34)35)19-7-6-16-36-19/h6-8,11,16-17H,4-5,9-10,12-15H2,1-3H3. The lowest BCUT2D eigenvalue weighted by Crippen LogP contribution is -2.47. The van der Waals surface area contributed by atoms with Crippen LogP contribution in [0.2, 0.25) is 0 Å². The summed E-state index contributed by atoms with van der Waals surface area (Å²) in [5.74, 6) is 1.08. The minimum Gasteiger partial charge on any atom is -0.463 e. The first kappa shape index (κ1) is 25.9. The molecule has 1 aliphatic rings. The summed E-state index contributed by atoms with van der Waals surface area (Å²) >= 11 is 0. The Kier molecular flexibility index (Phi) is 7.49. The maximum Gasteiger partial charge on any atom is 0.433 e. The predicted octanol–water partition coefficient (Wildman–Crippen LogP) is 4.21. The van der Waals surface area contributed by atoms with Gasteiger partial charge in [-0.15, -0.1) is 0 Å².